The van der Waals surface area contributed by atoms with Crippen LogP contribution in [0.2, 0.25) is 0 Å². The van der Waals surface area contributed by atoms with E-state index in [-0.39, 0.29) is 5.91 Å². The van der Waals surface area contributed by atoms with Crippen LogP contribution in [0.3, 0.4) is 0 Å². The second-order valence-electron chi connectivity index (χ2n) is 5.74. The Labute approximate surface area is 118 Å². The van der Waals surface area contributed by atoms with Crippen LogP contribution >= 0.6 is 0 Å². The first-order valence-corrected chi connectivity index (χ1v) is 7.01. The van der Waals surface area contributed by atoms with Gasteiger partial charge in [-0.1, -0.05) is 23.8 Å². The number of nitriles is 1. The van der Waals surface area contributed by atoms with Crippen molar-refractivity contribution in [3.8, 4) is 6.07 Å². The minimum absolute atomic E-state index is 0.0304. The largest absolute Gasteiger partial charge is 0.381 e. The van der Waals surface area contributed by atoms with Crippen LogP contribution in [0.4, 0.5) is 0 Å². The lowest BCUT2D eigenvalue weighted by Gasteiger charge is -2.32. The number of fused-ring (bicyclic) bond motifs is 1. The van der Waals surface area contributed by atoms with Gasteiger partial charge in [0.15, 0.2) is 0 Å². The molecule has 0 atom stereocenters. The number of aryl methyl sites for hydroxylation is 1. The molecule has 2 aliphatic heterocycles. The van der Waals surface area contributed by atoms with Gasteiger partial charge in [0.05, 0.1) is 6.07 Å². The molecule has 104 valence electrons. The van der Waals surface area contributed by atoms with E-state index in [0.29, 0.717) is 39.1 Å². The zero-order valence-electron chi connectivity index (χ0n) is 11.7. The molecule has 20 heavy (non-hydrogen) atoms. The molecule has 2 aliphatic rings. The zero-order valence-corrected chi connectivity index (χ0v) is 11.7. The van der Waals surface area contributed by atoms with Crippen molar-refractivity contribution in [2.24, 2.45) is 5.41 Å². The third-order valence-corrected chi connectivity index (χ3v) is 4.34. The summed E-state index contributed by atoms with van der Waals surface area (Å²) in [5.41, 5.74) is 2.73. The lowest BCUT2D eigenvalue weighted by molar-refractivity contribution is -0.144. The second-order valence-corrected chi connectivity index (χ2v) is 5.74. The van der Waals surface area contributed by atoms with Crippen molar-refractivity contribution >= 4 is 5.91 Å². The molecule has 4 nitrogen and oxygen atoms in total. The first-order chi connectivity index (χ1) is 9.64. The quantitative estimate of drug-likeness (QED) is 0.785. The maximum atomic E-state index is 12.8. The number of benzene rings is 1. The summed E-state index contributed by atoms with van der Waals surface area (Å²) in [4.78, 5) is 14.6. The summed E-state index contributed by atoms with van der Waals surface area (Å²) in [6, 6.07) is 8.55. The van der Waals surface area contributed by atoms with Crippen LogP contribution in [0.25, 0.3) is 0 Å². The number of rotatable bonds is 1. The highest BCUT2D eigenvalue weighted by Crippen LogP contribution is 2.35. The number of nitrogens with zero attached hydrogens (tertiary/aromatic N) is 2. The van der Waals surface area contributed by atoms with Crippen molar-refractivity contribution in [2.75, 3.05) is 13.2 Å². The van der Waals surface area contributed by atoms with Crippen LogP contribution in [-0.4, -0.2) is 24.0 Å². The van der Waals surface area contributed by atoms with Crippen molar-refractivity contribution in [3.05, 3.63) is 34.9 Å². The van der Waals surface area contributed by atoms with E-state index in [9.17, 15) is 10.1 Å². The molecule has 0 unspecified atom stereocenters. The molecule has 2 heterocycles. The van der Waals surface area contributed by atoms with E-state index in [1.54, 1.807) is 0 Å². The minimum atomic E-state index is -0.880. The van der Waals surface area contributed by atoms with Gasteiger partial charge in [-0.2, -0.15) is 5.26 Å². The number of ether oxygens (including phenoxy) is 1. The summed E-state index contributed by atoms with van der Waals surface area (Å²) >= 11 is 0. The first kappa shape index (κ1) is 13.1. The van der Waals surface area contributed by atoms with E-state index in [1.165, 1.54) is 16.7 Å². The van der Waals surface area contributed by atoms with E-state index in [1.807, 2.05) is 4.90 Å². The molecule has 0 aliphatic carbocycles. The van der Waals surface area contributed by atoms with Gasteiger partial charge in [-0.3, -0.25) is 4.79 Å². The van der Waals surface area contributed by atoms with Gasteiger partial charge in [-0.15, -0.1) is 0 Å². The number of carbonyl (C=O) groups is 1. The minimum Gasteiger partial charge on any atom is -0.381 e. The molecule has 0 saturated carbocycles. The van der Waals surface area contributed by atoms with Crippen LogP contribution in [0.1, 0.15) is 29.5 Å². The Morgan fingerprint density at radius 1 is 1.30 bits per heavy atom. The molecular weight excluding hydrogens is 252 g/mol. The highest BCUT2D eigenvalue weighted by molar-refractivity contribution is 5.86. The Bertz CT molecular complexity index is 583. The van der Waals surface area contributed by atoms with E-state index >= 15 is 0 Å². The Kier molecular flexibility index (Phi) is 3.23. The lowest BCUT2D eigenvalue weighted by Crippen LogP contribution is -2.44. The molecule has 1 amide bonds. The molecule has 0 N–H and O–H groups in total. The summed E-state index contributed by atoms with van der Waals surface area (Å²) in [5, 5.41) is 9.48. The van der Waals surface area contributed by atoms with Crippen LogP contribution in [0.15, 0.2) is 18.2 Å². The fraction of sp³-hybridized carbons (Fsp3) is 0.500. The van der Waals surface area contributed by atoms with Crippen molar-refractivity contribution < 1.29 is 9.53 Å². The van der Waals surface area contributed by atoms with E-state index in [2.05, 4.69) is 31.2 Å². The van der Waals surface area contributed by atoms with E-state index < -0.39 is 5.41 Å². The van der Waals surface area contributed by atoms with Crippen molar-refractivity contribution in [1.29, 1.82) is 5.26 Å². The van der Waals surface area contributed by atoms with Gasteiger partial charge in [0.2, 0.25) is 5.91 Å². The molecule has 3 rings (SSSR count). The van der Waals surface area contributed by atoms with E-state index in [0.717, 1.165) is 0 Å². The van der Waals surface area contributed by atoms with Gasteiger partial charge in [0.1, 0.15) is 5.41 Å². The summed E-state index contributed by atoms with van der Waals surface area (Å²) < 4.78 is 5.30. The fourth-order valence-electron chi connectivity index (χ4n) is 3.06. The Balaban J connectivity index is 1.81. The average molecular weight is 270 g/mol. The monoisotopic (exact) mass is 270 g/mol. The van der Waals surface area contributed by atoms with Gasteiger partial charge in [0.25, 0.3) is 0 Å². The molecule has 1 aromatic rings. The maximum absolute atomic E-state index is 12.8. The average Bonchev–Trinajstić information content (AvgIpc) is 2.90. The van der Waals surface area contributed by atoms with Crippen LogP contribution in [0, 0.1) is 23.7 Å². The molecule has 0 aromatic heterocycles. The molecule has 1 aromatic carbocycles. The highest BCUT2D eigenvalue weighted by atomic mass is 16.5. The number of carbonyl (C=O) groups excluding carboxylic acids is 1. The standard InChI is InChI=1S/C16H18N2O2/c1-12-2-3-13-9-18(10-14(13)8-12)15(19)16(11-17)4-6-20-7-5-16/h2-3,8H,4-7,9-10H2,1H3. The highest BCUT2D eigenvalue weighted by Gasteiger charge is 2.44. The third kappa shape index (κ3) is 2.08. The fourth-order valence-corrected chi connectivity index (χ4v) is 3.06. The SMILES string of the molecule is Cc1ccc2c(c1)CN(C(=O)C1(C#N)CCOCC1)C2. The molecule has 1 saturated heterocycles. The third-order valence-electron chi connectivity index (χ3n) is 4.34. The topological polar surface area (TPSA) is 53.3 Å². The summed E-state index contributed by atoms with van der Waals surface area (Å²) in [6.45, 7) is 4.30. The predicted molar refractivity (Wildman–Crippen MR) is 73.5 cm³/mol. The van der Waals surface area contributed by atoms with Crippen LogP contribution in [0.5, 0.6) is 0 Å². The molecule has 0 radical (unpaired) electrons. The smallest absolute Gasteiger partial charge is 0.243 e. The predicted octanol–water partition coefficient (Wildman–Crippen LogP) is 2.16. The van der Waals surface area contributed by atoms with Gasteiger partial charge in [0, 0.05) is 26.3 Å². The van der Waals surface area contributed by atoms with Crippen LogP contribution < -0.4 is 0 Å². The van der Waals surface area contributed by atoms with Crippen molar-refractivity contribution in [2.45, 2.75) is 32.9 Å². The molecule has 4 heteroatoms. The summed E-state index contributed by atoms with van der Waals surface area (Å²) in [7, 11) is 0. The number of hydrogen-bond acceptors (Lipinski definition) is 3. The van der Waals surface area contributed by atoms with Gasteiger partial charge >= 0.3 is 0 Å². The first-order valence-electron chi connectivity index (χ1n) is 7.01. The van der Waals surface area contributed by atoms with Gasteiger partial charge in [-0.05, 0) is 30.9 Å². The van der Waals surface area contributed by atoms with Crippen molar-refractivity contribution in [3.63, 3.8) is 0 Å². The summed E-state index contributed by atoms with van der Waals surface area (Å²) in [5.74, 6) is -0.0304. The second kappa shape index (κ2) is 4.92. The zero-order chi connectivity index (χ0) is 14.2. The Morgan fingerprint density at radius 3 is 2.70 bits per heavy atom. The Hall–Kier alpha value is -1.86. The van der Waals surface area contributed by atoms with Crippen LogP contribution in [-0.2, 0) is 22.6 Å². The number of hydrogen-bond donors (Lipinski definition) is 0. The molecule has 0 bridgehead atoms. The molecule has 0 spiro atoms. The Morgan fingerprint density at radius 2 is 2.00 bits per heavy atom. The maximum Gasteiger partial charge on any atom is 0.243 e. The van der Waals surface area contributed by atoms with Crippen molar-refractivity contribution in [1.82, 2.24) is 4.90 Å². The van der Waals surface area contributed by atoms with Gasteiger partial charge in [-0.25, -0.2) is 0 Å². The van der Waals surface area contributed by atoms with Gasteiger partial charge < -0.3 is 9.64 Å². The molecular formula is C16H18N2O2. The van der Waals surface area contributed by atoms with E-state index in [4.69, 9.17) is 4.74 Å². The lowest BCUT2D eigenvalue weighted by atomic mass is 9.80. The summed E-state index contributed by atoms with van der Waals surface area (Å²) in [6.07, 6.45) is 1.02. The number of amides is 1. The normalized spacial score (nSPS) is 20.3. The molecule has 1 fully saturated rings.